The molecule has 1 unspecified atom stereocenters. The van der Waals surface area contributed by atoms with Crippen LogP contribution in [0, 0.1) is 5.92 Å². The van der Waals surface area contributed by atoms with Gasteiger partial charge in [0.25, 0.3) is 0 Å². The molecule has 0 aromatic carbocycles. The van der Waals surface area contributed by atoms with E-state index in [2.05, 4.69) is 10.6 Å². The zero-order valence-electron chi connectivity index (χ0n) is 15.1. The van der Waals surface area contributed by atoms with Crippen LogP contribution in [-0.4, -0.2) is 58.9 Å². The molecular formula is C16H29N3O5. The molecule has 0 aromatic heterocycles. The molecule has 0 radical (unpaired) electrons. The molecule has 1 heterocycles. The van der Waals surface area contributed by atoms with Crippen molar-refractivity contribution in [2.75, 3.05) is 13.1 Å². The molecule has 0 aromatic rings. The highest BCUT2D eigenvalue weighted by Gasteiger charge is 2.29. The number of likely N-dealkylation sites (tertiary alicyclic amines) is 1. The first-order valence-electron chi connectivity index (χ1n) is 8.27. The SMILES string of the molecule is CC(C)C(NC(=O)N1CCC(NC(=O)OC(C)(C)C)CC1)C(=O)O. The summed E-state index contributed by atoms with van der Waals surface area (Å²) >= 11 is 0. The molecule has 0 spiro atoms. The van der Waals surface area contributed by atoms with Gasteiger partial charge >= 0.3 is 18.1 Å². The Morgan fingerprint density at radius 2 is 1.71 bits per heavy atom. The van der Waals surface area contributed by atoms with Crippen molar-refractivity contribution in [3.63, 3.8) is 0 Å². The molecule has 138 valence electrons. The van der Waals surface area contributed by atoms with Gasteiger partial charge < -0.3 is 25.4 Å². The first kappa shape index (κ1) is 20.1. The molecule has 3 amide bonds. The fourth-order valence-corrected chi connectivity index (χ4v) is 2.44. The Hall–Kier alpha value is -1.99. The number of aliphatic carboxylic acids is 1. The van der Waals surface area contributed by atoms with Gasteiger partial charge in [-0.1, -0.05) is 13.8 Å². The van der Waals surface area contributed by atoms with Crippen LogP contribution in [-0.2, 0) is 9.53 Å². The number of urea groups is 1. The summed E-state index contributed by atoms with van der Waals surface area (Å²) in [7, 11) is 0. The average molecular weight is 343 g/mol. The maximum Gasteiger partial charge on any atom is 0.407 e. The summed E-state index contributed by atoms with van der Waals surface area (Å²) in [5.74, 6) is -1.24. The Morgan fingerprint density at radius 1 is 1.17 bits per heavy atom. The molecule has 3 N–H and O–H groups in total. The topological polar surface area (TPSA) is 108 Å². The zero-order chi connectivity index (χ0) is 18.5. The lowest BCUT2D eigenvalue weighted by Crippen LogP contribution is -2.54. The molecule has 1 fully saturated rings. The highest BCUT2D eigenvalue weighted by Crippen LogP contribution is 2.13. The molecule has 0 aliphatic carbocycles. The number of nitrogens with one attached hydrogen (secondary N) is 2. The number of carbonyl (C=O) groups excluding carboxylic acids is 2. The Balaban J connectivity index is 2.43. The van der Waals surface area contributed by atoms with E-state index in [-0.39, 0.29) is 18.0 Å². The standard InChI is InChI=1S/C16H29N3O5/c1-10(2)12(13(20)21)18-14(22)19-8-6-11(7-9-19)17-15(23)24-16(3,4)5/h10-12H,6-9H2,1-5H3,(H,17,23)(H,18,22)(H,20,21). The molecular weight excluding hydrogens is 314 g/mol. The number of carboxylic acids is 1. The van der Waals surface area contributed by atoms with Crippen molar-refractivity contribution in [3.05, 3.63) is 0 Å². The van der Waals surface area contributed by atoms with Crippen LogP contribution >= 0.6 is 0 Å². The van der Waals surface area contributed by atoms with Crippen LogP contribution in [0.15, 0.2) is 0 Å². The van der Waals surface area contributed by atoms with E-state index in [0.717, 1.165) is 0 Å². The van der Waals surface area contributed by atoms with Crippen molar-refractivity contribution in [3.8, 4) is 0 Å². The van der Waals surface area contributed by atoms with Crippen molar-refractivity contribution in [2.45, 2.75) is 65.1 Å². The van der Waals surface area contributed by atoms with Gasteiger partial charge in [-0.25, -0.2) is 14.4 Å². The third-order valence-corrected chi connectivity index (χ3v) is 3.71. The minimum Gasteiger partial charge on any atom is -0.480 e. The van der Waals surface area contributed by atoms with Crippen molar-refractivity contribution >= 4 is 18.1 Å². The van der Waals surface area contributed by atoms with Gasteiger partial charge in [0, 0.05) is 19.1 Å². The van der Waals surface area contributed by atoms with E-state index >= 15 is 0 Å². The van der Waals surface area contributed by atoms with Gasteiger partial charge in [0.1, 0.15) is 11.6 Å². The number of alkyl carbamates (subject to hydrolysis) is 1. The first-order valence-corrected chi connectivity index (χ1v) is 8.27. The minimum atomic E-state index is -1.04. The molecule has 1 atom stereocenters. The number of hydrogen-bond donors (Lipinski definition) is 3. The highest BCUT2D eigenvalue weighted by atomic mass is 16.6. The third kappa shape index (κ3) is 6.64. The van der Waals surface area contributed by atoms with Gasteiger partial charge in [-0.2, -0.15) is 0 Å². The monoisotopic (exact) mass is 343 g/mol. The fourth-order valence-electron chi connectivity index (χ4n) is 2.44. The number of nitrogens with zero attached hydrogens (tertiary/aromatic N) is 1. The zero-order valence-corrected chi connectivity index (χ0v) is 15.1. The lowest BCUT2D eigenvalue weighted by Gasteiger charge is -2.33. The molecule has 0 bridgehead atoms. The van der Waals surface area contributed by atoms with Crippen molar-refractivity contribution in [1.82, 2.24) is 15.5 Å². The second-order valence-corrected chi connectivity index (χ2v) is 7.42. The lowest BCUT2D eigenvalue weighted by molar-refractivity contribution is -0.140. The second kappa shape index (κ2) is 8.21. The van der Waals surface area contributed by atoms with Crippen LogP contribution in [0.4, 0.5) is 9.59 Å². The van der Waals surface area contributed by atoms with Crippen LogP contribution in [0.3, 0.4) is 0 Å². The predicted octanol–water partition coefficient (Wildman–Crippen LogP) is 1.79. The van der Waals surface area contributed by atoms with E-state index in [1.165, 1.54) is 0 Å². The lowest BCUT2D eigenvalue weighted by atomic mass is 10.0. The van der Waals surface area contributed by atoms with Crippen LogP contribution in [0.5, 0.6) is 0 Å². The number of rotatable bonds is 4. The number of carboxylic acid groups (broad SMARTS) is 1. The van der Waals surface area contributed by atoms with E-state index in [9.17, 15) is 14.4 Å². The van der Waals surface area contributed by atoms with Gasteiger partial charge in [-0.05, 0) is 39.5 Å². The maximum absolute atomic E-state index is 12.2. The van der Waals surface area contributed by atoms with E-state index in [4.69, 9.17) is 9.84 Å². The quantitative estimate of drug-likeness (QED) is 0.721. The molecule has 1 aliphatic heterocycles. The Bertz CT molecular complexity index is 465. The summed E-state index contributed by atoms with van der Waals surface area (Å²) in [5.41, 5.74) is -0.548. The van der Waals surface area contributed by atoms with Crippen molar-refractivity contribution in [2.24, 2.45) is 5.92 Å². The van der Waals surface area contributed by atoms with E-state index in [1.807, 2.05) is 0 Å². The van der Waals surface area contributed by atoms with Gasteiger partial charge in [0.2, 0.25) is 0 Å². The van der Waals surface area contributed by atoms with Crippen LogP contribution in [0.1, 0.15) is 47.5 Å². The molecule has 8 heteroatoms. The highest BCUT2D eigenvalue weighted by molar-refractivity contribution is 5.82. The largest absolute Gasteiger partial charge is 0.480 e. The van der Waals surface area contributed by atoms with E-state index in [0.29, 0.717) is 25.9 Å². The Kier molecular flexibility index (Phi) is 6.86. The average Bonchev–Trinajstić information content (AvgIpc) is 2.42. The smallest absolute Gasteiger partial charge is 0.407 e. The summed E-state index contributed by atoms with van der Waals surface area (Å²) in [6, 6.07) is -1.34. The number of ether oxygens (including phenoxy) is 1. The second-order valence-electron chi connectivity index (χ2n) is 7.42. The number of piperidine rings is 1. The first-order chi connectivity index (χ1) is 11.0. The van der Waals surface area contributed by atoms with Crippen LogP contribution in [0.2, 0.25) is 0 Å². The maximum atomic E-state index is 12.2. The van der Waals surface area contributed by atoms with E-state index in [1.54, 1.807) is 39.5 Å². The fraction of sp³-hybridized carbons (Fsp3) is 0.812. The van der Waals surface area contributed by atoms with Gasteiger partial charge in [-0.15, -0.1) is 0 Å². The van der Waals surface area contributed by atoms with Gasteiger partial charge in [0.05, 0.1) is 0 Å². The Morgan fingerprint density at radius 3 is 2.12 bits per heavy atom. The van der Waals surface area contributed by atoms with Crippen LogP contribution < -0.4 is 10.6 Å². The Labute approximate surface area is 142 Å². The summed E-state index contributed by atoms with van der Waals surface area (Å²) in [6.45, 7) is 9.80. The summed E-state index contributed by atoms with van der Waals surface area (Å²) < 4.78 is 5.21. The molecule has 8 nitrogen and oxygen atoms in total. The number of carbonyl (C=O) groups is 3. The van der Waals surface area contributed by atoms with Gasteiger partial charge in [-0.3, -0.25) is 0 Å². The summed E-state index contributed by atoms with van der Waals surface area (Å²) in [4.78, 5) is 36.6. The number of hydrogen-bond acceptors (Lipinski definition) is 4. The van der Waals surface area contributed by atoms with E-state index < -0.39 is 23.7 Å². The molecule has 0 saturated carbocycles. The van der Waals surface area contributed by atoms with Crippen molar-refractivity contribution in [1.29, 1.82) is 0 Å². The molecule has 24 heavy (non-hydrogen) atoms. The summed E-state index contributed by atoms with van der Waals surface area (Å²) in [6.07, 6.45) is 0.745. The third-order valence-electron chi connectivity index (χ3n) is 3.71. The molecule has 1 aliphatic rings. The normalized spacial score (nSPS) is 17.3. The summed E-state index contributed by atoms with van der Waals surface area (Å²) in [5, 5.41) is 14.5. The molecule has 1 saturated heterocycles. The predicted molar refractivity (Wildman–Crippen MR) is 88.8 cm³/mol. The van der Waals surface area contributed by atoms with Crippen molar-refractivity contribution < 1.29 is 24.2 Å². The number of amides is 3. The minimum absolute atomic E-state index is 0.0516. The molecule has 1 rings (SSSR count). The van der Waals surface area contributed by atoms with Crippen LogP contribution in [0.25, 0.3) is 0 Å². The van der Waals surface area contributed by atoms with Gasteiger partial charge in [0.15, 0.2) is 0 Å².